The van der Waals surface area contributed by atoms with Crippen molar-refractivity contribution in [2.75, 3.05) is 6.26 Å². The molecule has 0 saturated heterocycles. The maximum absolute atomic E-state index is 12.4. The highest BCUT2D eigenvalue weighted by Crippen LogP contribution is 2.28. The monoisotopic (exact) mass is 406 g/mol. The standard InChI is InChI=1S/C19H22N2O4S2/c1-27(24,25)15-9-6-8-14(11-15)18(22)20-21-19(23)17-12-13-7-4-2-3-5-10-16(13)26-17/h6,8-9,11-12H,2-5,7,10H2,1H3,(H,20,22)(H,21,23). The van der Waals surface area contributed by atoms with Gasteiger partial charge in [-0.15, -0.1) is 11.3 Å². The van der Waals surface area contributed by atoms with E-state index in [-0.39, 0.29) is 16.4 Å². The normalized spacial score (nSPS) is 14.6. The van der Waals surface area contributed by atoms with E-state index in [2.05, 4.69) is 10.9 Å². The SMILES string of the molecule is CS(=O)(=O)c1cccc(C(=O)NNC(=O)c2cc3c(s2)CCCCCC3)c1. The van der Waals surface area contributed by atoms with Crippen LogP contribution in [0.4, 0.5) is 0 Å². The van der Waals surface area contributed by atoms with E-state index in [9.17, 15) is 18.0 Å². The molecule has 144 valence electrons. The van der Waals surface area contributed by atoms with Gasteiger partial charge in [0.05, 0.1) is 9.77 Å². The van der Waals surface area contributed by atoms with Gasteiger partial charge in [-0.25, -0.2) is 8.42 Å². The minimum Gasteiger partial charge on any atom is -0.267 e. The molecule has 3 rings (SSSR count). The maximum Gasteiger partial charge on any atom is 0.279 e. The number of carbonyl (C=O) groups is 2. The summed E-state index contributed by atoms with van der Waals surface area (Å²) in [5.41, 5.74) is 6.17. The van der Waals surface area contributed by atoms with Crippen molar-refractivity contribution in [3.63, 3.8) is 0 Å². The van der Waals surface area contributed by atoms with Crippen LogP contribution >= 0.6 is 11.3 Å². The molecular formula is C19H22N2O4S2. The summed E-state index contributed by atoms with van der Waals surface area (Å²) in [4.78, 5) is 26.5. The van der Waals surface area contributed by atoms with Gasteiger partial charge in [0, 0.05) is 16.7 Å². The van der Waals surface area contributed by atoms with Crippen LogP contribution in [-0.2, 0) is 22.7 Å². The lowest BCUT2D eigenvalue weighted by atomic mass is 10.00. The molecule has 1 aliphatic carbocycles. The smallest absolute Gasteiger partial charge is 0.267 e. The number of fused-ring (bicyclic) bond motifs is 1. The molecule has 2 aromatic rings. The molecule has 1 heterocycles. The fourth-order valence-electron chi connectivity index (χ4n) is 3.07. The summed E-state index contributed by atoms with van der Waals surface area (Å²) in [6, 6.07) is 7.61. The van der Waals surface area contributed by atoms with Crippen molar-refractivity contribution in [2.45, 2.75) is 43.4 Å². The Labute approximate surface area is 162 Å². The van der Waals surface area contributed by atoms with Gasteiger partial charge in [0.2, 0.25) is 0 Å². The molecule has 0 fully saturated rings. The maximum atomic E-state index is 12.4. The quantitative estimate of drug-likeness (QED) is 0.767. The van der Waals surface area contributed by atoms with Crippen molar-refractivity contribution in [3.8, 4) is 0 Å². The van der Waals surface area contributed by atoms with Crippen molar-refractivity contribution in [1.29, 1.82) is 0 Å². The van der Waals surface area contributed by atoms with Crippen LogP contribution in [0.3, 0.4) is 0 Å². The van der Waals surface area contributed by atoms with E-state index in [1.165, 1.54) is 58.9 Å². The Hall–Kier alpha value is -2.19. The van der Waals surface area contributed by atoms with Crippen LogP contribution in [-0.4, -0.2) is 26.5 Å². The lowest BCUT2D eigenvalue weighted by Gasteiger charge is -2.07. The van der Waals surface area contributed by atoms with Crippen LogP contribution in [0.15, 0.2) is 35.2 Å². The number of benzene rings is 1. The minimum atomic E-state index is -3.41. The van der Waals surface area contributed by atoms with E-state index in [0.717, 1.165) is 31.9 Å². The molecule has 2 amide bonds. The van der Waals surface area contributed by atoms with Crippen LogP contribution in [0, 0.1) is 0 Å². The highest BCUT2D eigenvalue weighted by atomic mass is 32.2. The van der Waals surface area contributed by atoms with Crippen LogP contribution in [0.25, 0.3) is 0 Å². The Balaban J connectivity index is 1.65. The van der Waals surface area contributed by atoms with Gasteiger partial charge in [-0.1, -0.05) is 18.9 Å². The minimum absolute atomic E-state index is 0.0551. The zero-order chi connectivity index (χ0) is 19.4. The predicted octanol–water partition coefficient (Wildman–Crippen LogP) is 2.89. The van der Waals surface area contributed by atoms with E-state index in [1.54, 1.807) is 0 Å². The van der Waals surface area contributed by atoms with Gasteiger partial charge in [0.1, 0.15) is 0 Å². The second-order valence-electron chi connectivity index (χ2n) is 6.68. The second kappa shape index (κ2) is 8.22. The molecule has 8 heteroatoms. The topological polar surface area (TPSA) is 92.3 Å². The van der Waals surface area contributed by atoms with Crippen molar-refractivity contribution >= 4 is 33.0 Å². The predicted molar refractivity (Wildman–Crippen MR) is 105 cm³/mol. The van der Waals surface area contributed by atoms with Crippen LogP contribution in [0.2, 0.25) is 0 Å². The summed E-state index contributed by atoms with van der Waals surface area (Å²) < 4.78 is 23.2. The summed E-state index contributed by atoms with van der Waals surface area (Å²) in [5, 5.41) is 0. The first kappa shape index (κ1) is 19.6. The third-order valence-corrected chi connectivity index (χ3v) is 6.88. The molecule has 0 saturated carbocycles. The van der Waals surface area contributed by atoms with Crippen molar-refractivity contribution < 1.29 is 18.0 Å². The first-order chi connectivity index (χ1) is 12.8. The van der Waals surface area contributed by atoms with Crippen LogP contribution in [0.5, 0.6) is 0 Å². The highest BCUT2D eigenvalue weighted by molar-refractivity contribution is 7.90. The van der Waals surface area contributed by atoms with Gasteiger partial charge in [0.25, 0.3) is 11.8 Å². The Morgan fingerprint density at radius 1 is 0.963 bits per heavy atom. The zero-order valence-corrected chi connectivity index (χ0v) is 16.7. The molecular weight excluding hydrogens is 384 g/mol. The Bertz CT molecular complexity index is 938. The van der Waals surface area contributed by atoms with Crippen molar-refractivity contribution in [2.24, 2.45) is 0 Å². The average Bonchev–Trinajstić information content (AvgIpc) is 3.01. The summed E-state index contributed by atoms with van der Waals surface area (Å²) in [5.74, 6) is -0.928. The van der Waals surface area contributed by atoms with Gasteiger partial charge in [0.15, 0.2) is 9.84 Å². The number of thiophene rings is 1. The lowest BCUT2D eigenvalue weighted by Crippen LogP contribution is -2.41. The Kier molecular flexibility index (Phi) is 5.96. The number of carbonyl (C=O) groups excluding carboxylic acids is 2. The number of sulfone groups is 1. The third kappa shape index (κ3) is 4.95. The number of hydrogen-bond acceptors (Lipinski definition) is 5. The van der Waals surface area contributed by atoms with E-state index in [4.69, 9.17) is 0 Å². The summed E-state index contributed by atoms with van der Waals surface area (Å²) >= 11 is 1.48. The fraction of sp³-hybridized carbons (Fsp3) is 0.368. The number of hydrogen-bond donors (Lipinski definition) is 2. The number of hydrazine groups is 1. The molecule has 6 nitrogen and oxygen atoms in total. The van der Waals surface area contributed by atoms with Crippen molar-refractivity contribution in [3.05, 3.63) is 51.2 Å². The molecule has 1 aromatic carbocycles. The molecule has 0 unspecified atom stereocenters. The van der Waals surface area contributed by atoms with Gasteiger partial charge >= 0.3 is 0 Å². The number of amides is 2. The van der Waals surface area contributed by atoms with E-state index in [1.807, 2.05) is 6.07 Å². The largest absolute Gasteiger partial charge is 0.279 e. The highest BCUT2D eigenvalue weighted by Gasteiger charge is 2.17. The Morgan fingerprint density at radius 2 is 1.67 bits per heavy atom. The number of aryl methyl sites for hydroxylation is 2. The van der Waals surface area contributed by atoms with Crippen LogP contribution in [0.1, 0.15) is 56.2 Å². The van der Waals surface area contributed by atoms with E-state index < -0.39 is 15.7 Å². The number of nitrogens with one attached hydrogen (secondary N) is 2. The zero-order valence-electron chi connectivity index (χ0n) is 15.1. The molecule has 1 aromatic heterocycles. The van der Waals surface area contributed by atoms with E-state index in [0.29, 0.717) is 4.88 Å². The molecule has 0 atom stereocenters. The van der Waals surface area contributed by atoms with Gasteiger partial charge in [-0.2, -0.15) is 0 Å². The molecule has 0 spiro atoms. The molecule has 0 radical (unpaired) electrons. The summed E-state index contributed by atoms with van der Waals surface area (Å²) in [6.45, 7) is 0. The Morgan fingerprint density at radius 3 is 2.41 bits per heavy atom. The molecule has 1 aliphatic rings. The van der Waals surface area contributed by atoms with Gasteiger partial charge in [-0.05, 0) is 55.5 Å². The van der Waals surface area contributed by atoms with Gasteiger partial charge in [-0.3, -0.25) is 20.4 Å². The molecule has 0 aliphatic heterocycles. The second-order valence-corrected chi connectivity index (χ2v) is 9.83. The third-order valence-electron chi connectivity index (χ3n) is 4.53. The summed E-state index contributed by atoms with van der Waals surface area (Å²) in [6.07, 6.45) is 7.79. The van der Waals surface area contributed by atoms with Crippen LogP contribution < -0.4 is 10.9 Å². The fourth-order valence-corrected chi connectivity index (χ4v) is 4.89. The molecule has 27 heavy (non-hydrogen) atoms. The molecule has 0 bridgehead atoms. The lowest BCUT2D eigenvalue weighted by molar-refractivity contribution is 0.0848. The molecule has 2 N–H and O–H groups in total. The summed E-state index contributed by atoms with van der Waals surface area (Å²) in [7, 11) is -3.41. The number of rotatable bonds is 3. The first-order valence-corrected chi connectivity index (χ1v) is 11.6. The average molecular weight is 407 g/mol. The van der Waals surface area contributed by atoms with Gasteiger partial charge < -0.3 is 0 Å². The first-order valence-electron chi connectivity index (χ1n) is 8.87. The van der Waals surface area contributed by atoms with E-state index >= 15 is 0 Å². The van der Waals surface area contributed by atoms with Crippen molar-refractivity contribution in [1.82, 2.24) is 10.9 Å².